The summed E-state index contributed by atoms with van der Waals surface area (Å²) in [5, 5.41) is 4.07. The fourth-order valence-electron chi connectivity index (χ4n) is 0.737. The molecule has 0 unspecified atom stereocenters. The summed E-state index contributed by atoms with van der Waals surface area (Å²) in [4.78, 5) is 10.9. The third-order valence-corrected chi connectivity index (χ3v) is 1.55. The lowest BCUT2D eigenvalue weighted by molar-refractivity contribution is 0.0588. The van der Waals surface area contributed by atoms with Crippen LogP contribution in [0, 0.1) is 0 Å². The largest absolute Gasteiger partial charge is 0.464 e. The van der Waals surface area contributed by atoms with Crippen LogP contribution in [0.1, 0.15) is 10.5 Å². The summed E-state index contributed by atoms with van der Waals surface area (Å²) < 4.78 is 5.84. The van der Waals surface area contributed by atoms with Gasteiger partial charge in [-0.25, -0.2) is 4.79 Å². The van der Waals surface area contributed by atoms with E-state index >= 15 is 0 Å². The van der Waals surface area contributed by atoms with Gasteiger partial charge in [-0.15, -0.1) is 0 Å². The van der Waals surface area contributed by atoms with Crippen molar-refractivity contribution < 1.29 is 9.53 Å². The van der Waals surface area contributed by atoms with Crippen LogP contribution in [0.5, 0.6) is 0 Å². The van der Waals surface area contributed by atoms with Crippen LogP contribution in [0.15, 0.2) is 6.20 Å². The molecule has 0 radical (unpaired) electrons. The Morgan fingerprint density at radius 2 is 2.45 bits per heavy atom. The summed E-state index contributed by atoms with van der Waals surface area (Å²) in [5.74, 6) is -0.477. The van der Waals surface area contributed by atoms with E-state index in [9.17, 15) is 4.79 Å². The Hall–Kier alpha value is -1.03. The number of aryl methyl sites for hydroxylation is 1. The van der Waals surface area contributed by atoms with E-state index in [0.29, 0.717) is 5.02 Å². The van der Waals surface area contributed by atoms with E-state index in [1.807, 2.05) is 0 Å². The van der Waals surface area contributed by atoms with E-state index in [0.717, 1.165) is 0 Å². The van der Waals surface area contributed by atoms with Gasteiger partial charge in [-0.1, -0.05) is 11.6 Å². The van der Waals surface area contributed by atoms with Gasteiger partial charge in [-0.2, -0.15) is 5.10 Å². The zero-order valence-electron chi connectivity index (χ0n) is 6.17. The highest BCUT2D eigenvalue weighted by Gasteiger charge is 2.14. The third kappa shape index (κ3) is 1.35. The molecule has 1 rings (SSSR count). The number of aromatic nitrogens is 2. The monoisotopic (exact) mass is 174 g/mol. The summed E-state index contributed by atoms with van der Waals surface area (Å²) in [7, 11) is 2.92. The lowest BCUT2D eigenvalue weighted by Gasteiger charge is -1.98. The Morgan fingerprint density at radius 3 is 2.82 bits per heavy atom. The van der Waals surface area contributed by atoms with Crippen molar-refractivity contribution in [3.8, 4) is 0 Å². The van der Waals surface area contributed by atoms with E-state index in [1.165, 1.54) is 18.0 Å². The molecule has 0 atom stereocenters. The van der Waals surface area contributed by atoms with Crippen molar-refractivity contribution in [1.29, 1.82) is 0 Å². The van der Waals surface area contributed by atoms with Crippen LogP contribution >= 0.6 is 11.6 Å². The van der Waals surface area contributed by atoms with E-state index in [1.54, 1.807) is 7.05 Å². The van der Waals surface area contributed by atoms with Crippen molar-refractivity contribution in [2.45, 2.75) is 0 Å². The van der Waals surface area contributed by atoms with Gasteiger partial charge in [0, 0.05) is 7.05 Å². The number of carbonyl (C=O) groups is 1. The van der Waals surface area contributed by atoms with E-state index in [2.05, 4.69) is 9.84 Å². The molecule has 0 N–H and O–H groups in total. The van der Waals surface area contributed by atoms with Crippen molar-refractivity contribution in [3.05, 3.63) is 16.9 Å². The Kier molecular flexibility index (Phi) is 2.14. The number of rotatable bonds is 1. The minimum atomic E-state index is -0.477. The third-order valence-electron chi connectivity index (χ3n) is 1.27. The number of nitrogens with zero attached hydrogens (tertiary/aromatic N) is 2. The van der Waals surface area contributed by atoms with Crippen molar-refractivity contribution in [2.75, 3.05) is 7.11 Å². The zero-order valence-corrected chi connectivity index (χ0v) is 6.92. The molecule has 0 saturated carbocycles. The molecule has 1 aromatic rings. The molecule has 0 saturated heterocycles. The second-order valence-electron chi connectivity index (χ2n) is 1.96. The Bertz CT molecular complexity index is 263. The molecule has 1 aromatic heterocycles. The van der Waals surface area contributed by atoms with Crippen molar-refractivity contribution >= 4 is 17.6 Å². The van der Waals surface area contributed by atoms with Gasteiger partial charge in [0.1, 0.15) is 0 Å². The molecule has 5 heteroatoms. The Morgan fingerprint density at radius 1 is 1.82 bits per heavy atom. The molecule has 60 valence electrons. The summed E-state index contributed by atoms with van der Waals surface area (Å²) in [6.07, 6.45) is 1.40. The molecule has 0 aliphatic heterocycles. The summed E-state index contributed by atoms with van der Waals surface area (Å²) >= 11 is 5.63. The molecule has 0 fully saturated rings. The average Bonchev–Trinajstić information content (AvgIpc) is 2.30. The lowest BCUT2D eigenvalue weighted by atomic mass is 10.4. The predicted octanol–water partition coefficient (Wildman–Crippen LogP) is 0.860. The van der Waals surface area contributed by atoms with Crippen molar-refractivity contribution in [3.63, 3.8) is 0 Å². The number of halogens is 1. The van der Waals surface area contributed by atoms with Crippen LogP contribution in [0.2, 0.25) is 5.02 Å². The van der Waals surface area contributed by atoms with Gasteiger partial charge in [-0.3, -0.25) is 4.68 Å². The Labute approximate surface area is 68.7 Å². The van der Waals surface area contributed by atoms with Crippen LogP contribution in [-0.2, 0) is 11.8 Å². The maximum absolute atomic E-state index is 10.9. The first-order valence-corrected chi connectivity index (χ1v) is 3.30. The maximum Gasteiger partial charge on any atom is 0.357 e. The molecular formula is C6H7ClN2O2. The second kappa shape index (κ2) is 2.92. The molecule has 0 spiro atoms. The second-order valence-corrected chi connectivity index (χ2v) is 2.36. The van der Waals surface area contributed by atoms with Crippen LogP contribution < -0.4 is 0 Å². The topological polar surface area (TPSA) is 44.1 Å². The van der Waals surface area contributed by atoms with Crippen LogP contribution in [0.25, 0.3) is 0 Å². The van der Waals surface area contributed by atoms with Crippen LogP contribution in [0.4, 0.5) is 0 Å². The summed E-state index contributed by atoms with van der Waals surface area (Å²) in [6.45, 7) is 0. The predicted molar refractivity (Wildman–Crippen MR) is 39.6 cm³/mol. The zero-order chi connectivity index (χ0) is 8.43. The first-order chi connectivity index (χ1) is 5.16. The SMILES string of the molecule is COC(=O)c1c(Cl)cnn1C. The molecule has 0 bridgehead atoms. The molecule has 11 heavy (non-hydrogen) atoms. The van der Waals surface area contributed by atoms with Gasteiger partial charge in [0.25, 0.3) is 0 Å². The first kappa shape index (κ1) is 8.07. The van der Waals surface area contributed by atoms with Gasteiger partial charge in [0.15, 0.2) is 5.69 Å². The molecular weight excluding hydrogens is 168 g/mol. The molecule has 0 aliphatic rings. The highest BCUT2D eigenvalue weighted by atomic mass is 35.5. The number of hydrogen-bond donors (Lipinski definition) is 0. The number of hydrogen-bond acceptors (Lipinski definition) is 3. The number of ether oxygens (including phenoxy) is 1. The minimum absolute atomic E-state index is 0.272. The molecule has 0 amide bonds. The first-order valence-electron chi connectivity index (χ1n) is 2.92. The Balaban J connectivity index is 3.10. The number of esters is 1. The quantitative estimate of drug-likeness (QED) is 0.594. The molecule has 1 heterocycles. The van der Waals surface area contributed by atoms with E-state index in [4.69, 9.17) is 11.6 Å². The maximum atomic E-state index is 10.9. The fourth-order valence-corrected chi connectivity index (χ4v) is 0.980. The normalized spacial score (nSPS) is 9.73. The highest BCUT2D eigenvalue weighted by molar-refractivity contribution is 6.33. The van der Waals surface area contributed by atoms with Gasteiger partial charge < -0.3 is 4.74 Å². The molecule has 4 nitrogen and oxygen atoms in total. The summed E-state index contributed by atoms with van der Waals surface area (Å²) in [6, 6.07) is 0. The van der Waals surface area contributed by atoms with Crippen molar-refractivity contribution in [2.24, 2.45) is 7.05 Å². The van der Waals surface area contributed by atoms with Crippen molar-refractivity contribution in [1.82, 2.24) is 9.78 Å². The van der Waals surface area contributed by atoms with Gasteiger partial charge in [-0.05, 0) is 0 Å². The van der Waals surface area contributed by atoms with Gasteiger partial charge >= 0.3 is 5.97 Å². The van der Waals surface area contributed by atoms with Crippen LogP contribution in [0.3, 0.4) is 0 Å². The van der Waals surface area contributed by atoms with E-state index < -0.39 is 5.97 Å². The van der Waals surface area contributed by atoms with Gasteiger partial charge in [0.2, 0.25) is 0 Å². The highest BCUT2D eigenvalue weighted by Crippen LogP contribution is 2.14. The van der Waals surface area contributed by atoms with Crippen LogP contribution in [-0.4, -0.2) is 22.9 Å². The molecule has 0 aromatic carbocycles. The smallest absolute Gasteiger partial charge is 0.357 e. The van der Waals surface area contributed by atoms with Gasteiger partial charge in [0.05, 0.1) is 18.3 Å². The molecule has 0 aliphatic carbocycles. The summed E-state index contributed by atoms with van der Waals surface area (Å²) in [5.41, 5.74) is 0.272. The lowest BCUT2D eigenvalue weighted by Crippen LogP contribution is -2.08. The fraction of sp³-hybridized carbons (Fsp3) is 0.333. The minimum Gasteiger partial charge on any atom is -0.464 e. The van der Waals surface area contributed by atoms with E-state index in [-0.39, 0.29) is 5.69 Å². The average molecular weight is 175 g/mol. The standard InChI is InChI=1S/C6H7ClN2O2/c1-9-5(6(10)11-2)4(7)3-8-9/h3H,1-2H3. The number of methoxy groups -OCH3 is 1. The number of carbonyl (C=O) groups excluding carboxylic acids is 1.